The molecule has 0 bridgehead atoms. The molecule has 3 aromatic rings. The zero-order valence-electron chi connectivity index (χ0n) is 21.5. The van der Waals surface area contributed by atoms with Gasteiger partial charge in [-0.2, -0.15) is 18.2 Å². The molecular weight excluding hydrogens is 515 g/mol. The lowest BCUT2D eigenvalue weighted by Gasteiger charge is -2.33. The van der Waals surface area contributed by atoms with Crippen molar-refractivity contribution in [2.75, 3.05) is 30.4 Å². The van der Waals surface area contributed by atoms with Crippen LogP contribution in [0.2, 0.25) is 0 Å². The Labute approximate surface area is 224 Å². The largest absolute Gasteiger partial charge is 0.497 e. The zero-order chi connectivity index (χ0) is 28.4. The lowest BCUT2D eigenvalue weighted by Crippen LogP contribution is -2.43. The van der Waals surface area contributed by atoms with Gasteiger partial charge in [0, 0.05) is 37.6 Å². The summed E-state index contributed by atoms with van der Waals surface area (Å²) in [5.41, 5.74) is 3.18. The van der Waals surface area contributed by atoms with Crippen molar-refractivity contribution in [3.8, 4) is 5.75 Å². The molecule has 39 heavy (non-hydrogen) atoms. The van der Waals surface area contributed by atoms with Crippen LogP contribution in [0.3, 0.4) is 0 Å². The Morgan fingerprint density at radius 1 is 1.15 bits per heavy atom. The number of carboxylic acids is 1. The molecule has 0 saturated carbocycles. The van der Waals surface area contributed by atoms with E-state index in [1.807, 2.05) is 30.3 Å². The van der Waals surface area contributed by atoms with E-state index in [0.717, 1.165) is 42.2 Å². The molecule has 2 aromatic carbocycles. The van der Waals surface area contributed by atoms with E-state index in [-0.39, 0.29) is 11.8 Å². The van der Waals surface area contributed by atoms with Gasteiger partial charge in [0.15, 0.2) is 0 Å². The number of aliphatic carboxylic acids is 1. The average Bonchev–Trinajstić information content (AvgIpc) is 2.93. The number of aryl methyl sites for hydroxylation is 1. The van der Waals surface area contributed by atoms with Gasteiger partial charge in [-0.1, -0.05) is 35.9 Å². The first kappa shape index (κ1) is 29.2. The molecule has 1 amide bonds. The van der Waals surface area contributed by atoms with Crippen molar-refractivity contribution < 1.29 is 32.6 Å². The summed E-state index contributed by atoms with van der Waals surface area (Å²) in [5.74, 6) is -0.615. The van der Waals surface area contributed by atoms with E-state index in [2.05, 4.69) is 56.7 Å². The van der Waals surface area contributed by atoms with Crippen LogP contribution in [-0.4, -0.2) is 53.3 Å². The number of benzene rings is 2. The number of amides is 1. The number of carbonyl (C=O) groups excluding carboxylic acids is 1. The molecule has 208 valence electrons. The number of anilines is 3. The summed E-state index contributed by atoms with van der Waals surface area (Å²) in [6.07, 6.45) is -1.51. The molecule has 2 heterocycles. The highest BCUT2D eigenvalue weighted by Crippen LogP contribution is 2.24. The lowest BCUT2D eigenvalue weighted by atomic mass is 9.97. The van der Waals surface area contributed by atoms with E-state index in [9.17, 15) is 18.0 Å². The van der Waals surface area contributed by atoms with Gasteiger partial charge >= 0.3 is 12.1 Å². The third-order valence-electron chi connectivity index (χ3n) is 5.91. The maximum absolute atomic E-state index is 12.8. The van der Waals surface area contributed by atoms with Crippen LogP contribution in [-0.2, 0) is 16.1 Å². The number of carboxylic acid groups (broad SMARTS) is 1. The van der Waals surface area contributed by atoms with Crippen LogP contribution in [0.15, 0.2) is 60.8 Å². The topological polar surface area (TPSA) is 117 Å². The van der Waals surface area contributed by atoms with Crippen molar-refractivity contribution in [1.29, 1.82) is 0 Å². The fourth-order valence-electron chi connectivity index (χ4n) is 3.85. The van der Waals surface area contributed by atoms with Crippen LogP contribution in [0.1, 0.15) is 24.0 Å². The maximum atomic E-state index is 12.8. The Hall–Kier alpha value is -4.35. The molecule has 0 unspecified atom stereocenters. The van der Waals surface area contributed by atoms with Crippen LogP contribution >= 0.6 is 0 Å². The first-order valence-corrected chi connectivity index (χ1v) is 12.2. The number of nitrogens with zero attached hydrogens (tertiary/aromatic N) is 3. The van der Waals surface area contributed by atoms with Gasteiger partial charge in [-0.15, -0.1) is 0 Å². The second-order valence-electron chi connectivity index (χ2n) is 8.89. The molecule has 1 fully saturated rings. The molecule has 0 spiro atoms. The van der Waals surface area contributed by atoms with Gasteiger partial charge in [0.05, 0.1) is 13.0 Å². The number of aromatic nitrogens is 2. The Kier molecular flexibility index (Phi) is 10.1. The fourth-order valence-corrected chi connectivity index (χ4v) is 3.85. The van der Waals surface area contributed by atoms with Gasteiger partial charge in [0.1, 0.15) is 11.6 Å². The highest BCUT2D eigenvalue weighted by atomic mass is 19.4. The van der Waals surface area contributed by atoms with E-state index in [4.69, 9.17) is 14.6 Å². The van der Waals surface area contributed by atoms with E-state index in [0.29, 0.717) is 19.0 Å². The van der Waals surface area contributed by atoms with Crippen LogP contribution < -0.4 is 20.3 Å². The summed E-state index contributed by atoms with van der Waals surface area (Å²) < 4.78 is 37.0. The number of carbonyl (C=O) groups is 2. The number of ether oxygens (including phenoxy) is 1. The van der Waals surface area contributed by atoms with Crippen molar-refractivity contribution >= 4 is 29.3 Å². The normalized spacial score (nSPS) is 15.0. The number of nitrogens with one attached hydrogen (secondary N) is 2. The lowest BCUT2D eigenvalue weighted by molar-refractivity contribution is -0.192. The summed E-state index contributed by atoms with van der Waals surface area (Å²) in [4.78, 5) is 32.9. The number of methoxy groups -OCH3 is 1. The summed E-state index contributed by atoms with van der Waals surface area (Å²) in [7, 11) is 1.64. The van der Waals surface area contributed by atoms with Crippen molar-refractivity contribution in [2.45, 2.75) is 32.5 Å². The number of alkyl halides is 3. The van der Waals surface area contributed by atoms with Gasteiger partial charge in [-0.05, 0) is 43.5 Å². The van der Waals surface area contributed by atoms with Crippen molar-refractivity contribution in [3.63, 3.8) is 0 Å². The first-order chi connectivity index (χ1) is 18.5. The van der Waals surface area contributed by atoms with E-state index in [1.165, 1.54) is 5.56 Å². The average molecular weight is 546 g/mol. The number of rotatable bonds is 7. The first-order valence-electron chi connectivity index (χ1n) is 12.2. The van der Waals surface area contributed by atoms with E-state index in [1.54, 1.807) is 13.3 Å². The highest BCUT2D eigenvalue weighted by Gasteiger charge is 2.38. The molecule has 1 aromatic heterocycles. The SMILES string of the molecule is COc1cccc(Nc2nccc(N3CCC[C@H](C(=O)NCc4ccc(C)cc4)C3)n2)c1.O=C(O)C(F)(F)F. The molecule has 1 aliphatic rings. The number of hydrogen-bond acceptors (Lipinski definition) is 7. The Morgan fingerprint density at radius 2 is 1.87 bits per heavy atom. The Bertz CT molecular complexity index is 1250. The molecule has 3 N–H and O–H groups in total. The predicted molar refractivity (Wildman–Crippen MR) is 140 cm³/mol. The van der Waals surface area contributed by atoms with Crippen molar-refractivity contribution in [3.05, 3.63) is 71.9 Å². The van der Waals surface area contributed by atoms with Crippen molar-refractivity contribution in [2.24, 2.45) is 5.92 Å². The third-order valence-corrected chi connectivity index (χ3v) is 5.91. The number of piperidine rings is 1. The second kappa shape index (κ2) is 13.4. The van der Waals surface area contributed by atoms with Crippen LogP contribution in [0, 0.1) is 12.8 Å². The third kappa shape index (κ3) is 9.16. The molecule has 12 heteroatoms. The van der Waals surface area contributed by atoms with Gasteiger partial charge < -0.3 is 25.4 Å². The highest BCUT2D eigenvalue weighted by molar-refractivity contribution is 5.79. The van der Waals surface area contributed by atoms with Crippen molar-refractivity contribution in [1.82, 2.24) is 15.3 Å². The number of halogens is 3. The maximum Gasteiger partial charge on any atom is 0.490 e. The minimum absolute atomic E-state index is 0.0565. The number of hydrogen-bond donors (Lipinski definition) is 3. The van der Waals surface area contributed by atoms with Gasteiger partial charge in [0.2, 0.25) is 11.9 Å². The molecule has 0 radical (unpaired) electrons. The molecule has 9 nitrogen and oxygen atoms in total. The van der Waals surface area contributed by atoms with E-state index >= 15 is 0 Å². The quantitative estimate of drug-likeness (QED) is 0.391. The smallest absolute Gasteiger partial charge is 0.490 e. The predicted octanol–water partition coefficient (Wildman–Crippen LogP) is 4.70. The zero-order valence-corrected chi connectivity index (χ0v) is 21.5. The molecule has 4 rings (SSSR count). The van der Waals surface area contributed by atoms with Gasteiger partial charge in [0.25, 0.3) is 0 Å². The van der Waals surface area contributed by atoms with Gasteiger partial charge in [-0.25, -0.2) is 9.78 Å². The second-order valence-corrected chi connectivity index (χ2v) is 8.89. The summed E-state index contributed by atoms with van der Waals surface area (Å²) >= 11 is 0. The summed E-state index contributed by atoms with van der Waals surface area (Å²) in [6.45, 7) is 4.13. The molecule has 1 saturated heterocycles. The molecule has 1 atom stereocenters. The van der Waals surface area contributed by atoms with Crippen LogP contribution in [0.4, 0.5) is 30.6 Å². The van der Waals surface area contributed by atoms with Crippen LogP contribution in [0.25, 0.3) is 0 Å². The summed E-state index contributed by atoms with van der Waals surface area (Å²) in [6, 6.07) is 17.8. The molecule has 0 aliphatic carbocycles. The Balaban J connectivity index is 0.000000532. The standard InChI is InChI=1S/C25H29N5O2.C2HF3O2/c1-18-8-10-19(11-9-18)16-27-24(31)20-5-4-14-30(17-20)23-12-13-26-25(29-23)28-21-6-3-7-22(15-21)32-2;3-2(4,5)1(6)7/h3,6-13,15,20H,4-5,14,16-17H2,1-2H3,(H,27,31)(H,26,28,29);(H,6,7)/t20-;/m0./s1. The van der Waals surface area contributed by atoms with Crippen LogP contribution in [0.5, 0.6) is 5.75 Å². The van der Waals surface area contributed by atoms with Gasteiger partial charge in [-0.3, -0.25) is 4.79 Å². The minimum Gasteiger partial charge on any atom is -0.497 e. The Morgan fingerprint density at radius 3 is 2.54 bits per heavy atom. The minimum atomic E-state index is -5.08. The monoisotopic (exact) mass is 545 g/mol. The van der Waals surface area contributed by atoms with E-state index < -0.39 is 12.1 Å². The molecule has 1 aliphatic heterocycles. The summed E-state index contributed by atoms with van der Waals surface area (Å²) in [5, 5.41) is 13.4. The molecular formula is C27H30F3N5O4. The fraction of sp³-hybridized carbons (Fsp3) is 0.333.